The first-order chi connectivity index (χ1) is 6.86. The maximum absolute atomic E-state index is 11.4. The fourth-order valence-corrected chi connectivity index (χ4v) is 3.19. The second-order valence-corrected chi connectivity index (χ2v) is 5.43. The van der Waals surface area contributed by atoms with E-state index in [9.17, 15) is 5.21 Å². The molecule has 0 aliphatic carbocycles. The van der Waals surface area contributed by atoms with E-state index in [-0.39, 0.29) is 15.0 Å². The molecule has 0 saturated heterocycles. The van der Waals surface area contributed by atoms with E-state index in [4.69, 9.17) is 4.74 Å². The van der Waals surface area contributed by atoms with Gasteiger partial charge in [-0.3, -0.25) is 0 Å². The van der Waals surface area contributed by atoms with Crippen molar-refractivity contribution in [3.05, 3.63) is 40.3 Å². The first-order valence-electron chi connectivity index (χ1n) is 4.53. The molecule has 0 aromatic carbocycles. The van der Waals surface area contributed by atoms with Gasteiger partial charge in [0, 0.05) is 0 Å². The molecule has 0 unspecified atom stereocenters. The third-order valence-corrected chi connectivity index (χ3v) is 4.21. The molecule has 0 saturated carbocycles. The van der Waals surface area contributed by atoms with Gasteiger partial charge < -0.3 is 0 Å². The molecule has 1 aliphatic rings. The molecule has 14 heavy (non-hydrogen) atoms. The van der Waals surface area contributed by atoms with E-state index in [0.29, 0.717) is 0 Å². The molecular formula is C10H11NO2Se. The molecule has 2 rings (SSSR count). The van der Waals surface area contributed by atoms with Gasteiger partial charge in [0.1, 0.15) is 0 Å². The number of rotatable bonds is 2. The van der Waals surface area contributed by atoms with E-state index in [0.717, 1.165) is 28.8 Å². The quantitative estimate of drug-likeness (QED) is 0.433. The summed E-state index contributed by atoms with van der Waals surface area (Å²) >= 11 is 0.115. The monoisotopic (exact) mass is 257 g/mol. The van der Waals surface area contributed by atoms with E-state index < -0.39 is 0 Å². The molecule has 0 N–H and O–H groups in total. The summed E-state index contributed by atoms with van der Waals surface area (Å²) in [5.41, 5.74) is 0. The first-order valence-corrected chi connectivity index (χ1v) is 6.24. The van der Waals surface area contributed by atoms with Gasteiger partial charge in [-0.15, -0.1) is 0 Å². The molecule has 0 bridgehead atoms. The fraction of sp³-hybridized carbons (Fsp3) is 0.300. The van der Waals surface area contributed by atoms with Crippen molar-refractivity contribution in [2.75, 3.05) is 6.61 Å². The van der Waals surface area contributed by atoms with E-state index >= 15 is 0 Å². The van der Waals surface area contributed by atoms with Crippen molar-refractivity contribution < 1.29 is 9.47 Å². The number of hydrogen-bond donors (Lipinski definition) is 0. The standard InChI is InChI=1S/C10H11NO2Se/c12-11-6-2-1-5-10(11)14-9-4-3-7-13-8-9/h1-2,5-6,8H,3-4,7H2. The molecule has 0 amide bonds. The maximum atomic E-state index is 11.4. The van der Waals surface area contributed by atoms with E-state index in [1.807, 2.05) is 18.4 Å². The van der Waals surface area contributed by atoms with Crippen LogP contribution < -0.4 is 9.32 Å². The summed E-state index contributed by atoms with van der Waals surface area (Å²) in [5.74, 6) is 0. The number of ether oxygens (including phenoxy) is 1. The van der Waals surface area contributed by atoms with Crippen LogP contribution in [0.3, 0.4) is 0 Å². The Morgan fingerprint density at radius 1 is 1.43 bits per heavy atom. The van der Waals surface area contributed by atoms with Crippen LogP contribution in [0.5, 0.6) is 0 Å². The van der Waals surface area contributed by atoms with Crippen LogP contribution in [0.25, 0.3) is 0 Å². The van der Waals surface area contributed by atoms with Crippen molar-refractivity contribution in [2.24, 2.45) is 0 Å². The fourth-order valence-electron chi connectivity index (χ4n) is 1.24. The van der Waals surface area contributed by atoms with Crippen molar-refractivity contribution >= 4 is 19.5 Å². The normalized spacial score (nSPS) is 15.9. The van der Waals surface area contributed by atoms with Crippen LogP contribution in [0.4, 0.5) is 0 Å². The van der Waals surface area contributed by atoms with Gasteiger partial charge in [0.15, 0.2) is 0 Å². The first kappa shape index (κ1) is 9.56. The number of aromatic nitrogens is 1. The summed E-state index contributed by atoms with van der Waals surface area (Å²) in [6.45, 7) is 0.811. The molecule has 0 fully saturated rings. The SMILES string of the molecule is [O-][n+]1ccccc1[Se]C1=COCCC1. The van der Waals surface area contributed by atoms with Crippen LogP contribution in [-0.4, -0.2) is 21.6 Å². The zero-order valence-corrected chi connectivity index (χ0v) is 9.39. The summed E-state index contributed by atoms with van der Waals surface area (Å²) in [5, 5.41) is 11.4. The van der Waals surface area contributed by atoms with Crippen LogP contribution >= 0.6 is 0 Å². The van der Waals surface area contributed by atoms with Crippen molar-refractivity contribution in [3.8, 4) is 0 Å². The molecule has 1 aromatic rings. The van der Waals surface area contributed by atoms with Crippen molar-refractivity contribution in [3.63, 3.8) is 0 Å². The third kappa shape index (κ3) is 2.28. The number of pyridine rings is 1. The molecular weight excluding hydrogens is 245 g/mol. The molecule has 0 spiro atoms. The minimum absolute atomic E-state index is 0.115. The van der Waals surface area contributed by atoms with Crippen molar-refractivity contribution in [1.82, 2.24) is 0 Å². The topological polar surface area (TPSA) is 36.2 Å². The second kappa shape index (κ2) is 4.49. The summed E-state index contributed by atoms with van der Waals surface area (Å²) in [7, 11) is 0. The Kier molecular flexibility index (Phi) is 3.06. The second-order valence-electron chi connectivity index (χ2n) is 3.03. The summed E-state index contributed by atoms with van der Waals surface area (Å²) in [4.78, 5) is 0. The Morgan fingerprint density at radius 2 is 2.36 bits per heavy atom. The van der Waals surface area contributed by atoms with Gasteiger partial charge in [-0.05, 0) is 0 Å². The predicted molar refractivity (Wildman–Crippen MR) is 54.1 cm³/mol. The van der Waals surface area contributed by atoms with Crippen LogP contribution in [0.2, 0.25) is 0 Å². The summed E-state index contributed by atoms with van der Waals surface area (Å²) in [6, 6.07) is 5.52. The zero-order chi connectivity index (χ0) is 9.80. The molecule has 1 aliphatic heterocycles. The van der Waals surface area contributed by atoms with Crippen LogP contribution in [-0.2, 0) is 4.74 Å². The Labute approximate surface area is 89.1 Å². The van der Waals surface area contributed by atoms with Crippen LogP contribution in [0.15, 0.2) is 35.1 Å². The van der Waals surface area contributed by atoms with Gasteiger partial charge in [0.2, 0.25) is 0 Å². The zero-order valence-electron chi connectivity index (χ0n) is 7.68. The van der Waals surface area contributed by atoms with Gasteiger partial charge in [-0.25, -0.2) is 0 Å². The van der Waals surface area contributed by atoms with Crippen LogP contribution in [0, 0.1) is 5.21 Å². The van der Waals surface area contributed by atoms with E-state index in [1.165, 1.54) is 4.47 Å². The van der Waals surface area contributed by atoms with Gasteiger partial charge in [-0.1, -0.05) is 0 Å². The Morgan fingerprint density at radius 3 is 3.07 bits per heavy atom. The predicted octanol–water partition coefficient (Wildman–Crippen LogP) is 0.301. The number of allylic oxidation sites excluding steroid dienone is 1. The minimum atomic E-state index is 0.115. The Hall–Kier alpha value is -0.991. The molecule has 74 valence electrons. The van der Waals surface area contributed by atoms with Crippen molar-refractivity contribution in [1.29, 1.82) is 0 Å². The molecule has 0 radical (unpaired) electrons. The molecule has 0 atom stereocenters. The van der Waals surface area contributed by atoms with Gasteiger partial charge in [0.05, 0.1) is 0 Å². The van der Waals surface area contributed by atoms with Gasteiger partial charge in [0.25, 0.3) is 0 Å². The molecule has 1 aromatic heterocycles. The van der Waals surface area contributed by atoms with Crippen molar-refractivity contribution in [2.45, 2.75) is 12.8 Å². The van der Waals surface area contributed by atoms with Gasteiger partial charge in [-0.2, -0.15) is 0 Å². The molecule has 4 heteroatoms. The molecule has 3 nitrogen and oxygen atoms in total. The Balaban J connectivity index is 2.10. The van der Waals surface area contributed by atoms with Crippen LogP contribution in [0.1, 0.15) is 12.8 Å². The Bertz CT molecular complexity index is 352. The molecule has 2 heterocycles. The van der Waals surface area contributed by atoms with E-state index in [2.05, 4.69) is 0 Å². The van der Waals surface area contributed by atoms with E-state index in [1.54, 1.807) is 12.3 Å². The summed E-state index contributed by atoms with van der Waals surface area (Å²) < 4.78 is 8.28. The average Bonchev–Trinajstić information content (AvgIpc) is 2.23. The number of nitrogens with zero attached hydrogens (tertiary/aromatic N) is 1. The average molecular weight is 256 g/mol. The number of hydrogen-bond acceptors (Lipinski definition) is 2. The van der Waals surface area contributed by atoms with Gasteiger partial charge >= 0.3 is 88.8 Å². The third-order valence-electron chi connectivity index (χ3n) is 1.92. The summed E-state index contributed by atoms with van der Waals surface area (Å²) in [6.07, 6.45) is 5.49.